The molecule has 1 aromatic carbocycles. The van der Waals surface area contributed by atoms with Gasteiger partial charge in [-0.15, -0.1) is 0 Å². The number of hydrogen-bond donors (Lipinski definition) is 0. The van der Waals surface area contributed by atoms with Gasteiger partial charge in [0.15, 0.2) is 0 Å². The lowest BCUT2D eigenvalue weighted by atomic mass is 9.84. The van der Waals surface area contributed by atoms with E-state index >= 15 is 0 Å². The van der Waals surface area contributed by atoms with E-state index in [2.05, 4.69) is 0 Å². The largest absolute Gasteiger partial charge is 0.463 e. The third-order valence-electron chi connectivity index (χ3n) is 4.54. The third kappa shape index (κ3) is 5.47. The minimum atomic E-state index is -0.354. The van der Waals surface area contributed by atoms with E-state index in [9.17, 15) is 9.59 Å². The highest BCUT2D eigenvalue weighted by atomic mass is 32.2. The van der Waals surface area contributed by atoms with Crippen LogP contribution < -0.4 is 0 Å². The number of hydrogen-bond acceptors (Lipinski definition) is 6. The number of benzene rings is 1. The fourth-order valence-corrected chi connectivity index (χ4v) is 4.05. The number of rotatable bonds is 5. The molecule has 1 heterocycles. The predicted molar refractivity (Wildman–Crippen MR) is 96.2 cm³/mol. The van der Waals surface area contributed by atoms with E-state index in [-0.39, 0.29) is 48.0 Å². The number of aryl methyl sites for hydroxylation is 1. The van der Waals surface area contributed by atoms with Crippen LogP contribution in [0.15, 0.2) is 29.2 Å². The van der Waals surface area contributed by atoms with E-state index in [1.165, 1.54) is 31.2 Å². The lowest BCUT2D eigenvalue weighted by molar-refractivity contribution is -0.184. The van der Waals surface area contributed by atoms with Crippen LogP contribution in [0.25, 0.3) is 0 Å². The summed E-state index contributed by atoms with van der Waals surface area (Å²) in [6.45, 7) is 9.12. The van der Waals surface area contributed by atoms with E-state index in [0.717, 1.165) is 4.90 Å². The van der Waals surface area contributed by atoms with Gasteiger partial charge in [-0.25, -0.2) is 0 Å². The van der Waals surface area contributed by atoms with E-state index in [1.54, 1.807) is 0 Å². The quantitative estimate of drug-likeness (QED) is 0.742. The van der Waals surface area contributed by atoms with Gasteiger partial charge >= 0.3 is 11.9 Å². The zero-order valence-corrected chi connectivity index (χ0v) is 16.2. The molecular weight excluding hydrogens is 340 g/mol. The number of esters is 2. The molecule has 1 saturated heterocycles. The van der Waals surface area contributed by atoms with Crippen LogP contribution in [0.1, 0.15) is 33.3 Å². The average Bonchev–Trinajstić information content (AvgIpc) is 2.54. The van der Waals surface area contributed by atoms with Gasteiger partial charge < -0.3 is 14.2 Å². The van der Waals surface area contributed by atoms with E-state index in [1.807, 2.05) is 45.0 Å². The van der Waals surface area contributed by atoms with Gasteiger partial charge in [0, 0.05) is 24.7 Å². The maximum absolute atomic E-state index is 11.5. The molecular formula is C19H26O5S. The first-order valence-electron chi connectivity index (χ1n) is 8.47. The Kier molecular flexibility index (Phi) is 6.90. The van der Waals surface area contributed by atoms with Crippen molar-refractivity contribution in [3.8, 4) is 0 Å². The third-order valence-corrected chi connectivity index (χ3v) is 5.69. The Balaban J connectivity index is 2.17. The molecule has 0 aromatic heterocycles. The molecule has 1 fully saturated rings. The first-order chi connectivity index (χ1) is 11.8. The van der Waals surface area contributed by atoms with Crippen molar-refractivity contribution in [3.63, 3.8) is 0 Å². The van der Waals surface area contributed by atoms with E-state index in [0.29, 0.717) is 0 Å². The van der Waals surface area contributed by atoms with E-state index < -0.39 is 0 Å². The predicted octanol–water partition coefficient (Wildman–Crippen LogP) is 3.58. The summed E-state index contributed by atoms with van der Waals surface area (Å²) in [5.41, 5.74) is 0.832. The van der Waals surface area contributed by atoms with Gasteiger partial charge in [-0.2, -0.15) is 0 Å². The number of carbonyl (C=O) groups is 2. The maximum atomic E-state index is 11.5. The smallest absolute Gasteiger partial charge is 0.303 e. The molecule has 25 heavy (non-hydrogen) atoms. The normalized spacial score (nSPS) is 29.1. The molecule has 0 N–H and O–H groups in total. The van der Waals surface area contributed by atoms with Crippen LogP contribution >= 0.6 is 11.8 Å². The maximum Gasteiger partial charge on any atom is 0.303 e. The molecule has 1 aromatic rings. The molecule has 5 nitrogen and oxygen atoms in total. The highest BCUT2D eigenvalue weighted by molar-refractivity contribution is 7.99. The summed E-state index contributed by atoms with van der Waals surface area (Å²) in [6, 6.07) is 8.12. The molecule has 5 atom stereocenters. The fourth-order valence-electron chi connectivity index (χ4n) is 2.85. The topological polar surface area (TPSA) is 61.8 Å². The lowest BCUT2D eigenvalue weighted by Crippen LogP contribution is -2.51. The van der Waals surface area contributed by atoms with Crippen LogP contribution in [0.5, 0.6) is 0 Å². The summed E-state index contributed by atoms with van der Waals surface area (Å²) in [4.78, 5) is 23.7. The molecule has 3 unspecified atom stereocenters. The highest BCUT2D eigenvalue weighted by Crippen LogP contribution is 2.40. The molecule has 0 aliphatic carbocycles. The molecule has 2 rings (SSSR count). The zero-order chi connectivity index (χ0) is 18.6. The average molecular weight is 366 g/mol. The molecule has 6 heteroatoms. The molecule has 0 bridgehead atoms. The molecule has 0 saturated carbocycles. The second kappa shape index (κ2) is 8.72. The van der Waals surface area contributed by atoms with Gasteiger partial charge in [-0.1, -0.05) is 43.3 Å². The SMILES string of the molecule is CC(=O)OCC1OC(Sc2ccc(C)cc2)C(OC(C)=O)[C@@H](C)[C@@H]1C. The van der Waals surface area contributed by atoms with Gasteiger partial charge in [0.1, 0.15) is 18.1 Å². The molecule has 0 radical (unpaired) electrons. The summed E-state index contributed by atoms with van der Waals surface area (Å²) < 4.78 is 16.9. The minimum absolute atomic E-state index is 0.0844. The summed E-state index contributed by atoms with van der Waals surface area (Å²) >= 11 is 1.53. The Morgan fingerprint density at radius 2 is 1.72 bits per heavy atom. The molecule has 1 aliphatic heterocycles. The van der Waals surface area contributed by atoms with Gasteiger partial charge in [0.2, 0.25) is 0 Å². The van der Waals surface area contributed by atoms with Crippen molar-refractivity contribution in [2.45, 2.75) is 57.2 Å². The van der Waals surface area contributed by atoms with Gasteiger partial charge in [-0.3, -0.25) is 9.59 Å². The lowest BCUT2D eigenvalue weighted by Gasteiger charge is -2.43. The minimum Gasteiger partial charge on any atom is -0.463 e. The van der Waals surface area contributed by atoms with Crippen molar-refractivity contribution in [1.82, 2.24) is 0 Å². The Labute approximate surface area is 153 Å². The second-order valence-electron chi connectivity index (χ2n) is 6.57. The van der Waals surface area contributed by atoms with Crippen molar-refractivity contribution < 1.29 is 23.8 Å². The Bertz CT molecular complexity index is 598. The van der Waals surface area contributed by atoms with Crippen molar-refractivity contribution in [2.24, 2.45) is 11.8 Å². The van der Waals surface area contributed by atoms with Gasteiger partial charge in [0.25, 0.3) is 0 Å². The summed E-state index contributed by atoms with van der Waals surface area (Å²) in [5, 5.41) is 0. The molecule has 1 aliphatic rings. The highest BCUT2D eigenvalue weighted by Gasteiger charge is 2.44. The van der Waals surface area contributed by atoms with Gasteiger partial charge in [-0.05, 0) is 25.0 Å². The van der Waals surface area contributed by atoms with Crippen molar-refractivity contribution >= 4 is 23.7 Å². The number of thioether (sulfide) groups is 1. The van der Waals surface area contributed by atoms with Crippen molar-refractivity contribution in [2.75, 3.05) is 6.61 Å². The fraction of sp³-hybridized carbons (Fsp3) is 0.579. The molecule has 0 amide bonds. The van der Waals surface area contributed by atoms with Crippen LogP contribution in [0.2, 0.25) is 0 Å². The van der Waals surface area contributed by atoms with Crippen LogP contribution in [0, 0.1) is 18.8 Å². The summed E-state index contributed by atoms with van der Waals surface area (Å²) in [6.07, 6.45) is -0.582. The number of ether oxygens (including phenoxy) is 3. The van der Waals surface area contributed by atoms with Crippen LogP contribution in [0.4, 0.5) is 0 Å². The summed E-state index contributed by atoms with van der Waals surface area (Å²) in [7, 11) is 0. The number of carbonyl (C=O) groups excluding carboxylic acids is 2. The standard InChI is InChI=1S/C19H26O5S/c1-11-6-8-16(9-7-11)25-19-18(23-15(5)21)13(3)12(2)17(24-19)10-22-14(4)20/h6-9,12-13,17-19H,10H2,1-5H3/t12-,13-,17?,18?,19?/m0/s1. The Morgan fingerprint density at radius 3 is 2.28 bits per heavy atom. The first-order valence-corrected chi connectivity index (χ1v) is 9.35. The van der Waals surface area contributed by atoms with Crippen LogP contribution in [-0.4, -0.2) is 36.2 Å². The molecule has 0 spiro atoms. The van der Waals surface area contributed by atoms with Crippen molar-refractivity contribution in [1.29, 1.82) is 0 Å². The van der Waals surface area contributed by atoms with Crippen LogP contribution in [0.3, 0.4) is 0 Å². The van der Waals surface area contributed by atoms with Gasteiger partial charge in [0.05, 0.1) is 6.10 Å². The first kappa shape index (κ1) is 19.8. The Hall–Kier alpha value is -1.53. The van der Waals surface area contributed by atoms with E-state index in [4.69, 9.17) is 14.2 Å². The zero-order valence-electron chi connectivity index (χ0n) is 15.4. The van der Waals surface area contributed by atoms with Crippen LogP contribution in [-0.2, 0) is 23.8 Å². The van der Waals surface area contributed by atoms with Crippen molar-refractivity contribution in [3.05, 3.63) is 29.8 Å². The second-order valence-corrected chi connectivity index (χ2v) is 7.74. The Morgan fingerprint density at radius 1 is 1.08 bits per heavy atom. The monoisotopic (exact) mass is 366 g/mol. The molecule has 138 valence electrons. The summed E-state index contributed by atoms with van der Waals surface area (Å²) in [5.74, 6) is -0.464.